The summed E-state index contributed by atoms with van der Waals surface area (Å²) >= 11 is 11.7. The standard InChI is InChI=1S/C14H14Cl2N2O2S/c1-8-4-14(9(2)3-13(8)17)18-21(19,20)12-6-10(15)5-11(16)7-12/h3-7,18H,17H2,1-2H3. The van der Waals surface area contributed by atoms with Crippen LogP contribution in [0.5, 0.6) is 0 Å². The molecule has 7 heteroatoms. The van der Waals surface area contributed by atoms with Gasteiger partial charge in [0.25, 0.3) is 10.0 Å². The molecule has 2 aromatic carbocycles. The van der Waals surface area contributed by atoms with Crippen molar-refractivity contribution in [1.82, 2.24) is 0 Å². The third kappa shape index (κ3) is 3.61. The minimum absolute atomic E-state index is 0.00822. The summed E-state index contributed by atoms with van der Waals surface area (Å²) in [6, 6.07) is 7.57. The molecular weight excluding hydrogens is 331 g/mol. The van der Waals surface area contributed by atoms with Crippen LogP contribution < -0.4 is 10.5 Å². The van der Waals surface area contributed by atoms with Gasteiger partial charge in [0.05, 0.1) is 10.6 Å². The number of halogens is 2. The Bertz CT molecular complexity index is 785. The normalized spacial score (nSPS) is 11.4. The van der Waals surface area contributed by atoms with E-state index in [4.69, 9.17) is 28.9 Å². The number of hydrogen-bond donors (Lipinski definition) is 2. The summed E-state index contributed by atoms with van der Waals surface area (Å²) < 4.78 is 27.3. The number of anilines is 2. The summed E-state index contributed by atoms with van der Waals surface area (Å²) in [4.78, 5) is 0.00822. The molecule has 2 aromatic rings. The summed E-state index contributed by atoms with van der Waals surface area (Å²) in [7, 11) is -3.77. The molecule has 0 aliphatic carbocycles. The van der Waals surface area contributed by atoms with E-state index in [1.54, 1.807) is 19.1 Å². The zero-order valence-electron chi connectivity index (χ0n) is 11.4. The maximum atomic E-state index is 12.4. The van der Waals surface area contributed by atoms with Gasteiger partial charge in [-0.2, -0.15) is 0 Å². The lowest BCUT2D eigenvalue weighted by atomic mass is 10.1. The molecule has 2 rings (SSSR count). The van der Waals surface area contributed by atoms with E-state index in [1.807, 2.05) is 6.92 Å². The topological polar surface area (TPSA) is 72.2 Å². The molecule has 0 fully saturated rings. The average molecular weight is 345 g/mol. The van der Waals surface area contributed by atoms with Crippen molar-refractivity contribution in [3.8, 4) is 0 Å². The fourth-order valence-electron chi connectivity index (χ4n) is 1.84. The number of nitrogen functional groups attached to an aromatic ring is 1. The molecule has 0 aliphatic heterocycles. The highest BCUT2D eigenvalue weighted by atomic mass is 35.5. The molecule has 4 nitrogen and oxygen atoms in total. The van der Waals surface area contributed by atoms with Crippen LogP contribution in [0.3, 0.4) is 0 Å². The molecule has 0 atom stereocenters. The molecule has 0 saturated heterocycles. The lowest BCUT2D eigenvalue weighted by Crippen LogP contribution is -2.14. The third-order valence-electron chi connectivity index (χ3n) is 3.00. The molecular formula is C14H14Cl2N2O2S. The van der Waals surface area contributed by atoms with Crippen molar-refractivity contribution in [3.05, 3.63) is 51.5 Å². The third-order valence-corrected chi connectivity index (χ3v) is 4.79. The zero-order chi connectivity index (χ0) is 15.8. The van der Waals surface area contributed by atoms with Gasteiger partial charge in [-0.3, -0.25) is 4.72 Å². The summed E-state index contributed by atoms with van der Waals surface area (Å²) in [6.45, 7) is 3.58. The van der Waals surface area contributed by atoms with Gasteiger partial charge in [-0.15, -0.1) is 0 Å². The van der Waals surface area contributed by atoms with Gasteiger partial charge in [-0.25, -0.2) is 8.42 Å². The average Bonchev–Trinajstić information content (AvgIpc) is 2.34. The zero-order valence-corrected chi connectivity index (χ0v) is 13.8. The van der Waals surface area contributed by atoms with E-state index >= 15 is 0 Å². The minimum atomic E-state index is -3.77. The molecule has 21 heavy (non-hydrogen) atoms. The first-order chi connectivity index (χ1) is 9.69. The predicted molar refractivity (Wildman–Crippen MR) is 87.6 cm³/mol. The highest BCUT2D eigenvalue weighted by Gasteiger charge is 2.17. The first-order valence-electron chi connectivity index (χ1n) is 6.04. The van der Waals surface area contributed by atoms with Crippen LogP contribution in [-0.4, -0.2) is 8.42 Å². The van der Waals surface area contributed by atoms with Crippen LogP contribution in [0.15, 0.2) is 35.2 Å². The summed E-state index contributed by atoms with van der Waals surface area (Å²) in [5.41, 5.74) is 8.40. The van der Waals surface area contributed by atoms with Gasteiger partial charge in [0.2, 0.25) is 0 Å². The van der Waals surface area contributed by atoms with Gasteiger partial charge in [-0.05, 0) is 55.3 Å². The molecule has 0 bridgehead atoms. The van der Waals surface area contributed by atoms with Crippen LogP contribution in [0.25, 0.3) is 0 Å². The number of benzene rings is 2. The highest BCUT2D eigenvalue weighted by Crippen LogP contribution is 2.27. The second kappa shape index (κ2) is 5.75. The van der Waals surface area contributed by atoms with Gasteiger partial charge in [0.1, 0.15) is 0 Å². The minimum Gasteiger partial charge on any atom is -0.399 e. The van der Waals surface area contributed by atoms with Crippen molar-refractivity contribution >= 4 is 44.6 Å². The number of nitrogens with two attached hydrogens (primary N) is 1. The van der Waals surface area contributed by atoms with Crippen molar-refractivity contribution in [3.63, 3.8) is 0 Å². The molecule has 3 N–H and O–H groups in total. The molecule has 0 aliphatic rings. The molecule has 0 spiro atoms. The van der Waals surface area contributed by atoms with Crippen LogP contribution in [0, 0.1) is 13.8 Å². The SMILES string of the molecule is Cc1cc(NS(=O)(=O)c2cc(Cl)cc(Cl)c2)c(C)cc1N. The smallest absolute Gasteiger partial charge is 0.262 e. The number of rotatable bonds is 3. The Kier molecular flexibility index (Phi) is 4.37. The number of sulfonamides is 1. The van der Waals surface area contributed by atoms with Crippen LogP contribution in [0.4, 0.5) is 11.4 Å². The summed E-state index contributed by atoms with van der Waals surface area (Å²) in [5, 5.41) is 0.515. The van der Waals surface area contributed by atoms with E-state index in [1.165, 1.54) is 18.2 Å². The quantitative estimate of drug-likeness (QED) is 0.826. The van der Waals surface area contributed by atoms with E-state index in [0.29, 0.717) is 11.4 Å². The fraction of sp³-hybridized carbons (Fsp3) is 0.143. The Balaban J connectivity index is 2.44. The van der Waals surface area contributed by atoms with Crippen LogP contribution >= 0.6 is 23.2 Å². The molecule has 0 saturated carbocycles. The molecule has 112 valence electrons. The molecule has 0 radical (unpaired) electrons. The first kappa shape index (κ1) is 15.9. The Morgan fingerprint density at radius 3 is 2.10 bits per heavy atom. The van der Waals surface area contributed by atoms with E-state index in [2.05, 4.69) is 4.72 Å². The van der Waals surface area contributed by atoms with Gasteiger partial charge in [0.15, 0.2) is 0 Å². The maximum absolute atomic E-state index is 12.4. The van der Waals surface area contributed by atoms with Gasteiger partial charge < -0.3 is 5.73 Å². The van der Waals surface area contributed by atoms with Crippen LogP contribution in [0.1, 0.15) is 11.1 Å². The second-order valence-corrected chi connectivity index (χ2v) is 7.29. The van der Waals surface area contributed by atoms with E-state index in [9.17, 15) is 8.42 Å². The van der Waals surface area contributed by atoms with Gasteiger partial charge in [-0.1, -0.05) is 23.2 Å². The number of nitrogens with one attached hydrogen (secondary N) is 1. The Morgan fingerprint density at radius 2 is 1.52 bits per heavy atom. The molecule has 0 aromatic heterocycles. The Labute approximate surface area is 133 Å². The molecule has 0 unspecified atom stereocenters. The highest BCUT2D eigenvalue weighted by molar-refractivity contribution is 7.92. The van der Waals surface area contributed by atoms with Crippen molar-refractivity contribution in [1.29, 1.82) is 0 Å². The maximum Gasteiger partial charge on any atom is 0.262 e. The van der Waals surface area contributed by atoms with Crippen molar-refractivity contribution < 1.29 is 8.42 Å². The van der Waals surface area contributed by atoms with Crippen molar-refractivity contribution in [2.24, 2.45) is 0 Å². The lowest BCUT2D eigenvalue weighted by Gasteiger charge is -2.13. The lowest BCUT2D eigenvalue weighted by molar-refractivity contribution is 0.601. The van der Waals surface area contributed by atoms with E-state index in [-0.39, 0.29) is 14.9 Å². The fourth-order valence-corrected chi connectivity index (χ4v) is 3.68. The van der Waals surface area contributed by atoms with E-state index < -0.39 is 10.0 Å². The number of hydrogen-bond acceptors (Lipinski definition) is 3. The van der Waals surface area contributed by atoms with Crippen molar-refractivity contribution in [2.45, 2.75) is 18.7 Å². The van der Waals surface area contributed by atoms with Gasteiger partial charge in [0, 0.05) is 15.7 Å². The Hall–Kier alpha value is -1.43. The first-order valence-corrected chi connectivity index (χ1v) is 8.28. The van der Waals surface area contributed by atoms with Crippen LogP contribution in [0.2, 0.25) is 10.0 Å². The molecule has 0 amide bonds. The van der Waals surface area contributed by atoms with E-state index in [0.717, 1.165) is 11.1 Å². The van der Waals surface area contributed by atoms with Crippen LogP contribution in [-0.2, 0) is 10.0 Å². The Morgan fingerprint density at radius 1 is 0.952 bits per heavy atom. The largest absolute Gasteiger partial charge is 0.399 e. The monoisotopic (exact) mass is 344 g/mol. The second-order valence-electron chi connectivity index (χ2n) is 4.73. The summed E-state index contributed by atoms with van der Waals surface area (Å²) in [6.07, 6.45) is 0. The predicted octanol–water partition coefficient (Wildman–Crippen LogP) is 3.99. The van der Waals surface area contributed by atoms with Crippen molar-refractivity contribution in [2.75, 3.05) is 10.5 Å². The molecule has 0 heterocycles. The van der Waals surface area contributed by atoms with Gasteiger partial charge >= 0.3 is 0 Å². The summed E-state index contributed by atoms with van der Waals surface area (Å²) in [5.74, 6) is 0. The number of aryl methyl sites for hydroxylation is 2.